The fourth-order valence-electron chi connectivity index (χ4n) is 6.18. The first-order chi connectivity index (χ1) is 21.8. The summed E-state index contributed by atoms with van der Waals surface area (Å²) in [4.78, 5) is 20.8. The number of carbonyl (C=O) groups excluding carboxylic acids is 1. The largest absolute Gasteiger partial charge is 0.512 e. The molecule has 0 atom stereocenters. The molecule has 0 saturated carbocycles. The number of nitrogens with zero attached hydrogens (tertiary/aromatic N) is 2. The van der Waals surface area contributed by atoms with Crippen LogP contribution in [0.15, 0.2) is 89.3 Å². The van der Waals surface area contributed by atoms with Crippen LogP contribution in [-0.2, 0) is 24.9 Å². The molecular weight excluding hydrogens is 749 g/mol. The summed E-state index contributed by atoms with van der Waals surface area (Å²) >= 11 is 0. The van der Waals surface area contributed by atoms with Crippen molar-refractivity contribution < 1.29 is 34.4 Å². The Balaban J connectivity index is 0.000000259. The molecule has 0 bridgehead atoms. The molecule has 1 N–H and O–H groups in total. The summed E-state index contributed by atoms with van der Waals surface area (Å²) in [6.45, 7) is 12.5. The number of aromatic nitrogens is 2. The molecule has 0 fully saturated rings. The molecule has 0 unspecified atom stereocenters. The molecule has 0 aliphatic carbocycles. The minimum atomic E-state index is 0. The Morgan fingerprint density at radius 1 is 0.848 bits per heavy atom. The van der Waals surface area contributed by atoms with E-state index < -0.39 is 0 Å². The first kappa shape index (κ1) is 35.0. The van der Waals surface area contributed by atoms with Gasteiger partial charge in [-0.25, -0.2) is 4.98 Å². The Hall–Kier alpha value is -3.86. The summed E-state index contributed by atoms with van der Waals surface area (Å²) in [7, 11) is 0. The van der Waals surface area contributed by atoms with Gasteiger partial charge in [-0.05, 0) is 37.0 Å². The van der Waals surface area contributed by atoms with Crippen LogP contribution in [-0.4, -0.2) is 20.9 Å². The molecule has 6 rings (SSSR count). The maximum atomic E-state index is 11.7. The van der Waals surface area contributed by atoms with E-state index in [0.717, 1.165) is 69.5 Å². The average molecular weight is 792 g/mol. The maximum Gasteiger partial charge on any atom is 0.223 e. The Kier molecular flexibility index (Phi) is 11.9. The van der Waals surface area contributed by atoms with E-state index in [4.69, 9.17) is 4.42 Å². The fraction of sp³-hybridized carbons (Fsp3) is 0.325. The third-order valence-corrected chi connectivity index (χ3v) is 8.93. The van der Waals surface area contributed by atoms with Gasteiger partial charge in [0, 0.05) is 59.9 Å². The molecule has 0 aliphatic heterocycles. The molecule has 2 aromatic heterocycles. The molecule has 0 aliphatic rings. The van der Waals surface area contributed by atoms with Crippen LogP contribution in [0.4, 0.5) is 0 Å². The van der Waals surface area contributed by atoms with Crippen molar-refractivity contribution in [2.45, 2.75) is 73.1 Å². The van der Waals surface area contributed by atoms with E-state index in [-0.39, 0.29) is 43.5 Å². The van der Waals surface area contributed by atoms with Crippen LogP contribution in [0.2, 0.25) is 0 Å². The summed E-state index contributed by atoms with van der Waals surface area (Å²) < 4.78 is 6.23. The normalized spacial score (nSPS) is 11.9. The molecule has 1 radical (unpaired) electrons. The Morgan fingerprint density at radius 2 is 1.50 bits per heavy atom. The first-order valence-corrected chi connectivity index (χ1v) is 16.3. The van der Waals surface area contributed by atoms with E-state index in [2.05, 4.69) is 84.5 Å². The van der Waals surface area contributed by atoms with Gasteiger partial charge in [0.25, 0.3) is 0 Å². The summed E-state index contributed by atoms with van der Waals surface area (Å²) in [5, 5.41) is 16.3. The molecular formula is C40H43IrN2O3-. The number of furan rings is 1. The van der Waals surface area contributed by atoms with Crippen molar-refractivity contribution in [2.24, 2.45) is 11.8 Å². The summed E-state index contributed by atoms with van der Waals surface area (Å²) in [5.74, 6) is 0.941. The third kappa shape index (κ3) is 7.09. The minimum Gasteiger partial charge on any atom is -0.512 e. The molecule has 5 nitrogen and oxygen atoms in total. The number of hydrogen-bond donors (Lipinski definition) is 1. The molecule has 0 saturated heterocycles. The monoisotopic (exact) mass is 792 g/mol. The van der Waals surface area contributed by atoms with Crippen LogP contribution >= 0.6 is 0 Å². The molecule has 6 aromatic rings. The number of ketones is 1. The molecule has 0 spiro atoms. The molecule has 4 aromatic carbocycles. The van der Waals surface area contributed by atoms with Gasteiger partial charge in [0.2, 0.25) is 5.71 Å². The number of hydrogen-bond acceptors (Lipinski definition) is 5. The van der Waals surface area contributed by atoms with Crippen LogP contribution in [0.3, 0.4) is 0 Å². The van der Waals surface area contributed by atoms with Crippen LogP contribution in [0.25, 0.3) is 54.9 Å². The van der Waals surface area contributed by atoms with E-state index in [9.17, 15) is 9.90 Å². The van der Waals surface area contributed by atoms with Crippen molar-refractivity contribution >= 4 is 49.4 Å². The van der Waals surface area contributed by atoms with Crippen molar-refractivity contribution in [1.29, 1.82) is 0 Å². The van der Waals surface area contributed by atoms with Gasteiger partial charge >= 0.3 is 0 Å². The van der Waals surface area contributed by atoms with Crippen molar-refractivity contribution in [3.05, 3.63) is 96.5 Å². The number of fused-ring (bicyclic) bond motifs is 6. The standard InChI is InChI=1S/C27H19N2O.C13H24O2.Ir/c1-16(2)23-14-19(13-18-8-4-5-9-20(18)23)25-24-22-12-11-17-7-3-6-10-21(17)26(22)30-27(24)29-15-28-25;1-5-10(6-2)12(14)9-13(15)11(7-3)8-4;/h3-12,14-16H,1-2H3;9-11,14H,5-8H2,1-4H3;/q-1;;/b;12-9-;. The molecule has 2 heterocycles. The van der Waals surface area contributed by atoms with Crippen molar-refractivity contribution in [3.63, 3.8) is 0 Å². The zero-order valence-corrected chi connectivity index (χ0v) is 30.0. The zero-order valence-electron chi connectivity index (χ0n) is 27.6. The van der Waals surface area contributed by atoms with Gasteiger partial charge < -0.3 is 9.52 Å². The SMILES string of the molecule is CC(C)c1cc(-c2ncnc3oc4c5ccccc5ccc4c23)[c-]c2ccccc12.CCC(CC)C(=O)/C=C(\O)C(CC)CC.[Ir]. The minimum absolute atomic E-state index is 0. The molecule has 0 amide bonds. The van der Waals surface area contributed by atoms with Gasteiger partial charge in [0.05, 0.1) is 5.76 Å². The Morgan fingerprint density at radius 3 is 2.17 bits per heavy atom. The van der Waals surface area contributed by atoms with Crippen molar-refractivity contribution in [1.82, 2.24) is 9.97 Å². The fourth-order valence-corrected chi connectivity index (χ4v) is 6.18. The zero-order chi connectivity index (χ0) is 32.1. The quantitative estimate of drug-likeness (QED) is 0.0896. The van der Waals surface area contributed by atoms with Gasteiger partial charge in [0.1, 0.15) is 11.9 Å². The second-order valence-electron chi connectivity index (χ2n) is 12.0. The Labute approximate surface area is 285 Å². The van der Waals surface area contributed by atoms with Gasteiger partial charge in [-0.1, -0.05) is 107 Å². The van der Waals surface area contributed by atoms with Crippen LogP contribution in [0.1, 0.15) is 78.7 Å². The van der Waals surface area contributed by atoms with E-state index in [1.807, 2.05) is 39.8 Å². The molecule has 46 heavy (non-hydrogen) atoms. The number of rotatable bonds is 9. The Bertz CT molecular complexity index is 1980. The number of allylic oxidation sites excluding steroid dienone is 2. The predicted octanol–water partition coefficient (Wildman–Crippen LogP) is 11.1. The van der Waals surface area contributed by atoms with E-state index in [0.29, 0.717) is 11.6 Å². The third-order valence-electron chi connectivity index (χ3n) is 8.93. The summed E-state index contributed by atoms with van der Waals surface area (Å²) in [6, 6.07) is 26.7. The summed E-state index contributed by atoms with van der Waals surface area (Å²) in [6.07, 6.45) is 6.49. The molecule has 6 heteroatoms. The van der Waals surface area contributed by atoms with E-state index in [1.54, 1.807) is 6.33 Å². The predicted molar refractivity (Wildman–Crippen MR) is 187 cm³/mol. The number of carbonyl (C=O) groups is 1. The second-order valence-corrected chi connectivity index (χ2v) is 12.0. The molecule has 241 valence electrons. The van der Waals surface area contributed by atoms with Crippen molar-refractivity contribution in [2.75, 3.05) is 0 Å². The second kappa shape index (κ2) is 15.6. The van der Waals surface area contributed by atoms with Crippen LogP contribution in [0.5, 0.6) is 0 Å². The van der Waals surface area contributed by atoms with Gasteiger partial charge in [-0.2, -0.15) is 0 Å². The van der Waals surface area contributed by atoms with Gasteiger partial charge in [-0.15, -0.1) is 29.1 Å². The number of benzene rings is 4. The topological polar surface area (TPSA) is 76.2 Å². The van der Waals surface area contributed by atoms with E-state index >= 15 is 0 Å². The summed E-state index contributed by atoms with van der Waals surface area (Å²) in [5.41, 5.74) is 4.60. The average Bonchev–Trinajstić information content (AvgIpc) is 3.45. The first-order valence-electron chi connectivity index (χ1n) is 16.3. The number of aliphatic hydroxyl groups excluding tert-OH is 1. The van der Waals surface area contributed by atoms with Crippen LogP contribution in [0, 0.1) is 17.9 Å². The van der Waals surface area contributed by atoms with Crippen molar-refractivity contribution in [3.8, 4) is 11.3 Å². The van der Waals surface area contributed by atoms with Gasteiger partial charge in [0.15, 0.2) is 5.78 Å². The van der Waals surface area contributed by atoms with Crippen LogP contribution < -0.4 is 0 Å². The van der Waals surface area contributed by atoms with Gasteiger partial charge in [-0.3, -0.25) is 9.78 Å². The maximum absolute atomic E-state index is 11.7. The number of aliphatic hydroxyl groups is 1. The smallest absolute Gasteiger partial charge is 0.223 e. The van der Waals surface area contributed by atoms with E-state index in [1.165, 1.54) is 17.0 Å².